The largest absolute Gasteiger partial charge is 0.493 e. The highest BCUT2D eigenvalue weighted by molar-refractivity contribution is 5.39. The molecule has 2 heteroatoms. The van der Waals surface area contributed by atoms with Gasteiger partial charge in [0, 0.05) is 11.5 Å². The molecule has 0 saturated heterocycles. The average Bonchev–Trinajstić information content (AvgIpc) is 2.53. The summed E-state index contributed by atoms with van der Waals surface area (Å²) in [4.78, 5) is 0. The van der Waals surface area contributed by atoms with Crippen molar-refractivity contribution in [2.75, 3.05) is 13.2 Å². The zero-order valence-corrected chi connectivity index (χ0v) is 12.7. The van der Waals surface area contributed by atoms with E-state index in [1.807, 2.05) is 18.2 Å². The Bertz CT molecular complexity index is 604. The molecule has 21 heavy (non-hydrogen) atoms. The molecule has 0 aromatic heterocycles. The lowest BCUT2D eigenvalue weighted by Gasteiger charge is -2.26. The van der Waals surface area contributed by atoms with E-state index in [0.29, 0.717) is 18.4 Å². The fraction of sp³-hybridized carbons (Fsp3) is 0.368. The van der Waals surface area contributed by atoms with Crippen LogP contribution < -0.4 is 9.47 Å². The van der Waals surface area contributed by atoms with Crippen LogP contribution in [0.3, 0.4) is 0 Å². The van der Waals surface area contributed by atoms with Crippen molar-refractivity contribution in [3.05, 3.63) is 59.7 Å². The molecule has 1 aliphatic rings. The minimum absolute atomic E-state index is 0.412. The van der Waals surface area contributed by atoms with Crippen LogP contribution in [0.15, 0.2) is 48.5 Å². The van der Waals surface area contributed by atoms with Crippen molar-refractivity contribution in [3.63, 3.8) is 0 Å². The first-order chi connectivity index (χ1) is 10.3. The number of para-hydroxylation sites is 2. The summed E-state index contributed by atoms with van der Waals surface area (Å²) >= 11 is 0. The second-order valence-corrected chi connectivity index (χ2v) is 5.88. The number of hydrogen-bond acceptors (Lipinski definition) is 2. The van der Waals surface area contributed by atoms with Gasteiger partial charge in [-0.2, -0.15) is 0 Å². The van der Waals surface area contributed by atoms with Crippen LogP contribution in [0.4, 0.5) is 0 Å². The van der Waals surface area contributed by atoms with Gasteiger partial charge in [0.2, 0.25) is 0 Å². The number of ether oxygens (including phenoxy) is 2. The first-order valence-electron chi connectivity index (χ1n) is 7.69. The number of fused-ring (bicyclic) bond motifs is 1. The normalized spacial score (nSPS) is 17.2. The van der Waals surface area contributed by atoms with Crippen molar-refractivity contribution < 1.29 is 9.47 Å². The van der Waals surface area contributed by atoms with Crippen LogP contribution in [-0.4, -0.2) is 13.2 Å². The van der Waals surface area contributed by atoms with E-state index in [1.54, 1.807) is 0 Å². The molecule has 2 aromatic carbocycles. The molecule has 3 rings (SSSR count). The Balaban J connectivity index is 1.75. The van der Waals surface area contributed by atoms with E-state index < -0.39 is 0 Å². The Hall–Kier alpha value is -1.96. The lowest BCUT2D eigenvalue weighted by atomic mass is 9.94. The first kappa shape index (κ1) is 14.0. The Morgan fingerprint density at radius 3 is 2.71 bits per heavy atom. The molecular formula is C19H22O2. The Labute approximate surface area is 126 Å². The van der Waals surface area contributed by atoms with Crippen LogP contribution in [0.25, 0.3) is 0 Å². The SMILES string of the molecule is CC(C)c1ccccc1OCC1CCOc2ccccc21. The van der Waals surface area contributed by atoms with Gasteiger partial charge in [-0.25, -0.2) is 0 Å². The van der Waals surface area contributed by atoms with Gasteiger partial charge in [0.25, 0.3) is 0 Å². The maximum atomic E-state index is 6.14. The van der Waals surface area contributed by atoms with Crippen molar-refractivity contribution >= 4 is 0 Å². The topological polar surface area (TPSA) is 18.5 Å². The van der Waals surface area contributed by atoms with E-state index in [9.17, 15) is 0 Å². The molecule has 0 radical (unpaired) electrons. The quantitative estimate of drug-likeness (QED) is 0.805. The second kappa shape index (κ2) is 6.21. The van der Waals surface area contributed by atoms with E-state index in [-0.39, 0.29) is 0 Å². The lowest BCUT2D eigenvalue weighted by Crippen LogP contribution is -2.19. The molecule has 1 atom stereocenters. The smallest absolute Gasteiger partial charge is 0.122 e. The van der Waals surface area contributed by atoms with Gasteiger partial charge in [-0.1, -0.05) is 50.2 Å². The molecule has 0 N–H and O–H groups in total. The third kappa shape index (κ3) is 3.05. The molecule has 0 saturated carbocycles. The Morgan fingerprint density at radius 2 is 1.86 bits per heavy atom. The van der Waals surface area contributed by atoms with Crippen LogP contribution in [-0.2, 0) is 0 Å². The summed E-state index contributed by atoms with van der Waals surface area (Å²) in [5, 5.41) is 0. The molecule has 0 fully saturated rings. The minimum atomic E-state index is 0.412. The van der Waals surface area contributed by atoms with E-state index in [1.165, 1.54) is 11.1 Å². The Kier molecular flexibility index (Phi) is 4.14. The molecule has 1 unspecified atom stereocenters. The molecule has 0 spiro atoms. The summed E-state index contributed by atoms with van der Waals surface area (Å²) in [6.07, 6.45) is 1.01. The van der Waals surface area contributed by atoms with Crippen molar-refractivity contribution in [1.82, 2.24) is 0 Å². The van der Waals surface area contributed by atoms with E-state index in [2.05, 4.69) is 44.2 Å². The predicted octanol–water partition coefficient (Wildman–Crippen LogP) is 4.76. The second-order valence-electron chi connectivity index (χ2n) is 5.88. The van der Waals surface area contributed by atoms with Crippen LogP contribution in [0.2, 0.25) is 0 Å². The summed E-state index contributed by atoms with van der Waals surface area (Å²) < 4.78 is 11.9. The molecule has 0 bridgehead atoms. The van der Waals surface area contributed by atoms with Gasteiger partial charge in [-0.15, -0.1) is 0 Å². The molecule has 0 amide bonds. The van der Waals surface area contributed by atoms with Gasteiger partial charge in [-0.05, 0) is 30.0 Å². The van der Waals surface area contributed by atoms with Crippen molar-refractivity contribution in [2.24, 2.45) is 0 Å². The zero-order chi connectivity index (χ0) is 14.7. The van der Waals surface area contributed by atoms with Gasteiger partial charge in [0.1, 0.15) is 11.5 Å². The Morgan fingerprint density at radius 1 is 1.10 bits per heavy atom. The van der Waals surface area contributed by atoms with Crippen molar-refractivity contribution in [2.45, 2.75) is 32.1 Å². The minimum Gasteiger partial charge on any atom is -0.493 e. The van der Waals surface area contributed by atoms with Crippen LogP contribution in [0.5, 0.6) is 11.5 Å². The third-order valence-electron chi connectivity index (χ3n) is 4.06. The highest BCUT2D eigenvalue weighted by Gasteiger charge is 2.22. The number of rotatable bonds is 4. The van der Waals surface area contributed by atoms with Crippen molar-refractivity contribution in [3.8, 4) is 11.5 Å². The van der Waals surface area contributed by atoms with E-state index >= 15 is 0 Å². The maximum Gasteiger partial charge on any atom is 0.122 e. The molecule has 0 aliphatic carbocycles. The summed E-state index contributed by atoms with van der Waals surface area (Å²) in [6, 6.07) is 16.6. The molecular weight excluding hydrogens is 260 g/mol. The average molecular weight is 282 g/mol. The van der Waals surface area contributed by atoms with Crippen molar-refractivity contribution in [1.29, 1.82) is 0 Å². The first-order valence-corrected chi connectivity index (χ1v) is 7.69. The fourth-order valence-corrected chi connectivity index (χ4v) is 2.87. The monoisotopic (exact) mass is 282 g/mol. The summed E-state index contributed by atoms with van der Waals surface area (Å²) in [6.45, 7) is 5.89. The standard InChI is InChI=1S/C19H22O2/c1-14(2)16-7-3-5-9-18(16)21-13-15-11-12-20-19-10-6-4-8-17(15)19/h3-10,14-15H,11-13H2,1-2H3. The lowest BCUT2D eigenvalue weighted by molar-refractivity contribution is 0.216. The molecule has 1 aliphatic heterocycles. The van der Waals surface area contributed by atoms with Gasteiger partial charge < -0.3 is 9.47 Å². The van der Waals surface area contributed by atoms with E-state index in [4.69, 9.17) is 9.47 Å². The fourth-order valence-electron chi connectivity index (χ4n) is 2.87. The number of hydrogen-bond donors (Lipinski definition) is 0. The van der Waals surface area contributed by atoms with Gasteiger partial charge in [0.05, 0.1) is 13.2 Å². The van der Waals surface area contributed by atoms with Gasteiger partial charge in [0.15, 0.2) is 0 Å². The summed E-state index contributed by atoms with van der Waals surface area (Å²) in [5.74, 6) is 2.91. The highest BCUT2D eigenvalue weighted by atomic mass is 16.5. The summed E-state index contributed by atoms with van der Waals surface area (Å²) in [7, 11) is 0. The molecule has 1 heterocycles. The van der Waals surface area contributed by atoms with Gasteiger partial charge in [-0.3, -0.25) is 0 Å². The van der Waals surface area contributed by atoms with Crippen LogP contribution in [0, 0.1) is 0 Å². The third-order valence-corrected chi connectivity index (χ3v) is 4.06. The summed E-state index contributed by atoms with van der Waals surface area (Å²) in [5.41, 5.74) is 2.55. The molecule has 2 aromatic rings. The predicted molar refractivity (Wildman–Crippen MR) is 85.3 cm³/mol. The van der Waals surface area contributed by atoms with Gasteiger partial charge >= 0.3 is 0 Å². The van der Waals surface area contributed by atoms with E-state index in [0.717, 1.165) is 24.5 Å². The zero-order valence-electron chi connectivity index (χ0n) is 12.7. The number of benzene rings is 2. The highest BCUT2D eigenvalue weighted by Crippen LogP contribution is 2.34. The molecule has 2 nitrogen and oxygen atoms in total. The molecule has 110 valence electrons. The van der Waals surface area contributed by atoms with Crippen LogP contribution >= 0.6 is 0 Å². The maximum absolute atomic E-state index is 6.14. The van der Waals surface area contributed by atoms with Crippen LogP contribution in [0.1, 0.15) is 43.2 Å².